The van der Waals surface area contributed by atoms with Gasteiger partial charge in [-0.3, -0.25) is 9.59 Å². The molecule has 2 rings (SSSR count). The van der Waals surface area contributed by atoms with Gasteiger partial charge in [-0.1, -0.05) is 6.42 Å². The molecule has 0 aromatic rings. The molecule has 5 heteroatoms. The largest absolute Gasteiger partial charge is 0.346 e. The fourth-order valence-corrected chi connectivity index (χ4v) is 2.97. The van der Waals surface area contributed by atoms with Gasteiger partial charge >= 0.3 is 0 Å². The van der Waals surface area contributed by atoms with Crippen molar-refractivity contribution in [2.75, 3.05) is 13.1 Å². The third-order valence-electron chi connectivity index (χ3n) is 3.91. The number of likely N-dealkylation sites (tertiary alicyclic amines) is 1. The Balaban J connectivity index is 1.82. The molecule has 5 nitrogen and oxygen atoms in total. The molecule has 17 heavy (non-hydrogen) atoms. The van der Waals surface area contributed by atoms with Gasteiger partial charge in [0.25, 0.3) is 0 Å². The quantitative estimate of drug-likeness (QED) is 0.719. The first kappa shape index (κ1) is 12.4. The van der Waals surface area contributed by atoms with E-state index in [0.717, 1.165) is 19.4 Å². The summed E-state index contributed by atoms with van der Waals surface area (Å²) in [5.41, 5.74) is 5.42. The molecule has 0 radical (unpaired) electrons. The van der Waals surface area contributed by atoms with Crippen LogP contribution in [0.1, 0.15) is 32.6 Å². The summed E-state index contributed by atoms with van der Waals surface area (Å²) in [4.78, 5) is 25.2. The number of nitrogens with one attached hydrogen (secondary N) is 1. The number of carbonyl (C=O) groups is 2. The Bertz CT molecular complexity index is 317. The van der Waals surface area contributed by atoms with Crippen molar-refractivity contribution in [2.24, 2.45) is 11.7 Å². The maximum absolute atomic E-state index is 12.0. The van der Waals surface area contributed by atoms with Crippen LogP contribution in [0.3, 0.4) is 0 Å². The van der Waals surface area contributed by atoms with Crippen molar-refractivity contribution in [3.05, 3.63) is 0 Å². The summed E-state index contributed by atoms with van der Waals surface area (Å²) in [6.45, 7) is 2.55. The number of hydrogen-bond donors (Lipinski definition) is 2. The highest BCUT2D eigenvalue weighted by Crippen LogP contribution is 2.37. The van der Waals surface area contributed by atoms with Crippen LogP contribution < -0.4 is 11.1 Å². The highest BCUT2D eigenvalue weighted by molar-refractivity contribution is 5.87. The van der Waals surface area contributed by atoms with Gasteiger partial charge in [0.2, 0.25) is 11.8 Å². The van der Waals surface area contributed by atoms with Crippen LogP contribution in [0.15, 0.2) is 0 Å². The van der Waals surface area contributed by atoms with E-state index in [1.54, 1.807) is 6.92 Å². The number of carbonyl (C=O) groups excluding carboxylic acids is 2. The molecule has 1 aliphatic carbocycles. The molecule has 0 spiro atoms. The zero-order chi connectivity index (χ0) is 12.4. The molecule has 2 aliphatic rings. The third kappa shape index (κ3) is 2.60. The Labute approximate surface area is 102 Å². The van der Waals surface area contributed by atoms with Gasteiger partial charge in [-0.25, -0.2) is 0 Å². The Morgan fingerprint density at radius 3 is 2.88 bits per heavy atom. The van der Waals surface area contributed by atoms with Crippen molar-refractivity contribution in [1.29, 1.82) is 0 Å². The van der Waals surface area contributed by atoms with E-state index in [-0.39, 0.29) is 18.4 Å². The summed E-state index contributed by atoms with van der Waals surface area (Å²) >= 11 is 0. The van der Waals surface area contributed by atoms with Crippen molar-refractivity contribution < 1.29 is 9.59 Å². The fourth-order valence-electron chi connectivity index (χ4n) is 2.97. The van der Waals surface area contributed by atoms with Crippen LogP contribution in [-0.2, 0) is 9.59 Å². The van der Waals surface area contributed by atoms with Crippen LogP contribution in [0.2, 0.25) is 0 Å². The van der Waals surface area contributed by atoms with Crippen molar-refractivity contribution in [3.63, 3.8) is 0 Å². The third-order valence-corrected chi connectivity index (χ3v) is 3.91. The van der Waals surface area contributed by atoms with Crippen LogP contribution in [0.5, 0.6) is 0 Å². The first-order chi connectivity index (χ1) is 8.09. The number of amides is 2. The lowest BCUT2D eigenvalue weighted by atomic mass is 10.0. The Morgan fingerprint density at radius 2 is 2.18 bits per heavy atom. The maximum Gasteiger partial charge on any atom is 0.242 e. The molecular weight excluding hydrogens is 218 g/mol. The van der Waals surface area contributed by atoms with Gasteiger partial charge in [-0.15, -0.1) is 0 Å². The summed E-state index contributed by atoms with van der Waals surface area (Å²) in [7, 11) is 0. The van der Waals surface area contributed by atoms with E-state index in [4.69, 9.17) is 5.73 Å². The highest BCUT2D eigenvalue weighted by atomic mass is 16.2. The fraction of sp³-hybridized carbons (Fsp3) is 0.833. The smallest absolute Gasteiger partial charge is 0.242 e. The SMILES string of the molecule is CC(N)C(=O)NCC(=O)N1CC[C@H]2CCC[C@H]21. The topological polar surface area (TPSA) is 75.4 Å². The van der Waals surface area contributed by atoms with E-state index in [1.807, 2.05) is 4.90 Å². The van der Waals surface area contributed by atoms with Crippen LogP contribution in [0.4, 0.5) is 0 Å². The standard InChI is InChI=1S/C12H21N3O2/c1-8(13)12(17)14-7-11(16)15-6-5-9-3-2-4-10(9)15/h8-10H,2-7,13H2,1H3,(H,14,17)/t8?,9-,10-/m1/s1. The maximum atomic E-state index is 12.0. The average molecular weight is 239 g/mol. The summed E-state index contributed by atoms with van der Waals surface area (Å²) in [5.74, 6) is 0.469. The van der Waals surface area contributed by atoms with E-state index in [1.165, 1.54) is 12.8 Å². The minimum absolute atomic E-state index is 0.0356. The zero-order valence-electron chi connectivity index (χ0n) is 10.3. The Morgan fingerprint density at radius 1 is 1.41 bits per heavy atom. The minimum Gasteiger partial charge on any atom is -0.346 e. The zero-order valence-corrected chi connectivity index (χ0v) is 10.3. The number of nitrogens with zero attached hydrogens (tertiary/aromatic N) is 1. The molecule has 1 saturated heterocycles. The van der Waals surface area contributed by atoms with E-state index in [0.29, 0.717) is 12.0 Å². The van der Waals surface area contributed by atoms with E-state index in [2.05, 4.69) is 5.32 Å². The van der Waals surface area contributed by atoms with Gasteiger partial charge < -0.3 is 16.0 Å². The van der Waals surface area contributed by atoms with Crippen LogP contribution in [-0.4, -0.2) is 41.9 Å². The highest BCUT2D eigenvalue weighted by Gasteiger charge is 2.39. The summed E-state index contributed by atoms with van der Waals surface area (Å²) in [6, 6.07) is -0.129. The predicted octanol–water partition coefficient (Wildman–Crippen LogP) is -0.149. The molecule has 1 heterocycles. The molecule has 3 atom stereocenters. The van der Waals surface area contributed by atoms with Gasteiger partial charge in [0.05, 0.1) is 12.6 Å². The number of fused-ring (bicyclic) bond motifs is 1. The van der Waals surface area contributed by atoms with Crippen LogP contribution >= 0.6 is 0 Å². The molecule has 1 aliphatic heterocycles. The van der Waals surface area contributed by atoms with Gasteiger partial charge in [-0.2, -0.15) is 0 Å². The van der Waals surface area contributed by atoms with E-state index < -0.39 is 6.04 Å². The first-order valence-corrected chi connectivity index (χ1v) is 6.42. The monoisotopic (exact) mass is 239 g/mol. The molecule has 3 N–H and O–H groups in total. The molecule has 0 bridgehead atoms. The Hall–Kier alpha value is -1.10. The van der Waals surface area contributed by atoms with E-state index >= 15 is 0 Å². The number of nitrogens with two attached hydrogens (primary N) is 1. The Kier molecular flexibility index (Phi) is 3.66. The predicted molar refractivity (Wildman–Crippen MR) is 64.1 cm³/mol. The lowest BCUT2D eigenvalue weighted by molar-refractivity contribution is -0.133. The second-order valence-corrected chi connectivity index (χ2v) is 5.14. The summed E-state index contributed by atoms with van der Waals surface area (Å²) in [5, 5.41) is 2.58. The minimum atomic E-state index is -0.555. The lowest BCUT2D eigenvalue weighted by Gasteiger charge is -2.24. The molecule has 96 valence electrons. The van der Waals surface area contributed by atoms with Crippen LogP contribution in [0, 0.1) is 5.92 Å². The van der Waals surface area contributed by atoms with Gasteiger partial charge in [0.1, 0.15) is 0 Å². The van der Waals surface area contributed by atoms with Crippen molar-refractivity contribution in [2.45, 2.75) is 44.7 Å². The molecule has 0 aromatic heterocycles. The molecular formula is C12H21N3O2. The summed E-state index contributed by atoms with van der Waals surface area (Å²) < 4.78 is 0. The van der Waals surface area contributed by atoms with Gasteiger partial charge in [-0.05, 0) is 32.1 Å². The average Bonchev–Trinajstić information content (AvgIpc) is 2.86. The van der Waals surface area contributed by atoms with Crippen molar-refractivity contribution >= 4 is 11.8 Å². The molecule has 0 aromatic carbocycles. The molecule has 2 fully saturated rings. The molecule has 1 saturated carbocycles. The molecule has 1 unspecified atom stereocenters. The van der Waals surface area contributed by atoms with Gasteiger partial charge in [0.15, 0.2) is 0 Å². The van der Waals surface area contributed by atoms with Gasteiger partial charge in [0, 0.05) is 12.6 Å². The molecule has 2 amide bonds. The number of rotatable bonds is 3. The van der Waals surface area contributed by atoms with Crippen molar-refractivity contribution in [3.8, 4) is 0 Å². The van der Waals surface area contributed by atoms with Crippen LogP contribution in [0.25, 0.3) is 0 Å². The number of hydrogen-bond acceptors (Lipinski definition) is 3. The van der Waals surface area contributed by atoms with Crippen molar-refractivity contribution in [1.82, 2.24) is 10.2 Å². The lowest BCUT2D eigenvalue weighted by Crippen LogP contribution is -2.46. The second-order valence-electron chi connectivity index (χ2n) is 5.14. The van der Waals surface area contributed by atoms with E-state index in [9.17, 15) is 9.59 Å². The second kappa shape index (κ2) is 5.04. The normalized spacial score (nSPS) is 28.9. The summed E-state index contributed by atoms with van der Waals surface area (Å²) in [6.07, 6.45) is 4.72. The first-order valence-electron chi connectivity index (χ1n) is 6.42.